The lowest BCUT2D eigenvalue weighted by atomic mass is 10.1. The van der Waals surface area contributed by atoms with Crippen molar-refractivity contribution in [2.75, 3.05) is 5.75 Å². The van der Waals surface area contributed by atoms with Gasteiger partial charge in [0, 0.05) is 11.0 Å². The smallest absolute Gasteiger partial charge is 0.0257 e. The summed E-state index contributed by atoms with van der Waals surface area (Å²) in [6.45, 7) is 4.53. The molecule has 1 heteroatoms. The highest BCUT2D eigenvalue weighted by Crippen LogP contribution is 2.30. The molecule has 10 heavy (non-hydrogen) atoms. The van der Waals surface area contributed by atoms with Gasteiger partial charge in [-0.15, -0.1) is 11.8 Å². The van der Waals surface area contributed by atoms with E-state index in [0.29, 0.717) is 0 Å². The maximum Gasteiger partial charge on any atom is 0.0257 e. The standard InChI is InChI=1S/C9H16S/c1-3-4-5-9-8(2)6-7-10-9/h6,9H,3-5,7H2,1-2H3. The first kappa shape index (κ1) is 8.19. The lowest BCUT2D eigenvalue weighted by Crippen LogP contribution is -1.98. The van der Waals surface area contributed by atoms with E-state index in [1.54, 1.807) is 5.57 Å². The third-order valence-corrected chi connectivity index (χ3v) is 3.40. The molecular formula is C9H16S. The second-order valence-electron chi connectivity index (χ2n) is 2.91. The Morgan fingerprint density at radius 3 is 3.00 bits per heavy atom. The van der Waals surface area contributed by atoms with Gasteiger partial charge in [0.2, 0.25) is 0 Å². The fourth-order valence-corrected chi connectivity index (χ4v) is 2.54. The van der Waals surface area contributed by atoms with Crippen LogP contribution in [0.4, 0.5) is 0 Å². The largest absolute Gasteiger partial charge is 0.150 e. The maximum absolute atomic E-state index is 2.37. The van der Waals surface area contributed by atoms with Gasteiger partial charge in [-0.1, -0.05) is 31.4 Å². The fourth-order valence-electron chi connectivity index (χ4n) is 1.26. The molecule has 0 aromatic heterocycles. The van der Waals surface area contributed by atoms with Crippen LogP contribution >= 0.6 is 11.8 Å². The van der Waals surface area contributed by atoms with Crippen LogP contribution in [0.15, 0.2) is 11.6 Å². The molecule has 0 aliphatic carbocycles. The molecule has 58 valence electrons. The molecule has 0 aromatic carbocycles. The van der Waals surface area contributed by atoms with Gasteiger partial charge in [0.25, 0.3) is 0 Å². The number of hydrogen-bond acceptors (Lipinski definition) is 1. The predicted molar refractivity (Wildman–Crippen MR) is 49.5 cm³/mol. The minimum Gasteiger partial charge on any atom is -0.150 e. The van der Waals surface area contributed by atoms with Crippen LogP contribution in [0.2, 0.25) is 0 Å². The Balaban J connectivity index is 2.22. The van der Waals surface area contributed by atoms with Crippen LogP contribution in [0, 0.1) is 0 Å². The van der Waals surface area contributed by atoms with Crippen molar-refractivity contribution in [3.8, 4) is 0 Å². The minimum absolute atomic E-state index is 0.861. The van der Waals surface area contributed by atoms with Gasteiger partial charge in [0.05, 0.1) is 0 Å². The number of hydrogen-bond donors (Lipinski definition) is 0. The summed E-state index contributed by atoms with van der Waals surface area (Å²) in [4.78, 5) is 0. The van der Waals surface area contributed by atoms with E-state index in [4.69, 9.17) is 0 Å². The van der Waals surface area contributed by atoms with Gasteiger partial charge in [0.15, 0.2) is 0 Å². The van der Waals surface area contributed by atoms with E-state index in [2.05, 4.69) is 31.7 Å². The van der Waals surface area contributed by atoms with Crippen LogP contribution in [-0.4, -0.2) is 11.0 Å². The molecule has 1 heterocycles. The quantitative estimate of drug-likeness (QED) is 0.565. The van der Waals surface area contributed by atoms with Gasteiger partial charge in [0.1, 0.15) is 0 Å². The summed E-state index contributed by atoms with van der Waals surface area (Å²) in [5.41, 5.74) is 1.61. The first-order chi connectivity index (χ1) is 4.84. The molecule has 1 aliphatic rings. The SMILES string of the molecule is CCCCC1SCC=C1C. The average Bonchev–Trinajstić information content (AvgIpc) is 2.31. The van der Waals surface area contributed by atoms with Crippen molar-refractivity contribution in [2.24, 2.45) is 0 Å². The van der Waals surface area contributed by atoms with Crippen LogP contribution in [0.25, 0.3) is 0 Å². The molecule has 0 amide bonds. The highest BCUT2D eigenvalue weighted by Gasteiger charge is 2.14. The van der Waals surface area contributed by atoms with Gasteiger partial charge in [-0.2, -0.15) is 0 Å². The third kappa shape index (κ3) is 2.05. The van der Waals surface area contributed by atoms with Gasteiger partial charge < -0.3 is 0 Å². The zero-order valence-electron chi connectivity index (χ0n) is 6.89. The zero-order chi connectivity index (χ0) is 7.40. The lowest BCUT2D eigenvalue weighted by Gasteiger charge is -2.08. The van der Waals surface area contributed by atoms with E-state index in [1.807, 2.05) is 0 Å². The van der Waals surface area contributed by atoms with Crippen LogP contribution in [0.3, 0.4) is 0 Å². The summed E-state index contributed by atoms with van der Waals surface area (Å²) in [6, 6.07) is 0. The van der Waals surface area contributed by atoms with E-state index in [1.165, 1.54) is 25.0 Å². The van der Waals surface area contributed by atoms with E-state index in [-0.39, 0.29) is 0 Å². The summed E-state index contributed by atoms with van der Waals surface area (Å²) in [6.07, 6.45) is 6.49. The topological polar surface area (TPSA) is 0 Å². The Morgan fingerprint density at radius 1 is 1.70 bits per heavy atom. The summed E-state index contributed by atoms with van der Waals surface area (Å²) in [7, 11) is 0. The molecule has 0 bridgehead atoms. The first-order valence-electron chi connectivity index (χ1n) is 4.13. The summed E-state index contributed by atoms with van der Waals surface area (Å²) in [5, 5.41) is 0.861. The summed E-state index contributed by atoms with van der Waals surface area (Å²) < 4.78 is 0. The molecule has 0 N–H and O–H groups in total. The van der Waals surface area contributed by atoms with E-state index in [9.17, 15) is 0 Å². The molecule has 1 aliphatic heterocycles. The molecule has 0 fully saturated rings. The van der Waals surface area contributed by atoms with Crippen molar-refractivity contribution in [3.63, 3.8) is 0 Å². The minimum atomic E-state index is 0.861. The lowest BCUT2D eigenvalue weighted by molar-refractivity contribution is 0.726. The van der Waals surface area contributed by atoms with Gasteiger partial charge in [-0.05, 0) is 13.3 Å². The predicted octanol–water partition coefficient (Wildman–Crippen LogP) is 3.24. The summed E-state index contributed by atoms with van der Waals surface area (Å²) in [5.74, 6) is 1.25. The number of thioether (sulfide) groups is 1. The van der Waals surface area contributed by atoms with Crippen molar-refractivity contribution in [3.05, 3.63) is 11.6 Å². The molecule has 0 radical (unpaired) electrons. The Hall–Kier alpha value is 0.0900. The molecule has 1 rings (SSSR count). The molecule has 0 spiro atoms. The molecule has 0 aromatic rings. The fraction of sp³-hybridized carbons (Fsp3) is 0.778. The zero-order valence-corrected chi connectivity index (χ0v) is 7.71. The first-order valence-corrected chi connectivity index (χ1v) is 5.17. The van der Waals surface area contributed by atoms with E-state index >= 15 is 0 Å². The molecule has 1 unspecified atom stereocenters. The van der Waals surface area contributed by atoms with Crippen molar-refractivity contribution in [1.29, 1.82) is 0 Å². The van der Waals surface area contributed by atoms with Gasteiger partial charge in [-0.25, -0.2) is 0 Å². The van der Waals surface area contributed by atoms with Gasteiger partial charge in [-0.3, -0.25) is 0 Å². The third-order valence-electron chi connectivity index (χ3n) is 2.03. The average molecular weight is 156 g/mol. The van der Waals surface area contributed by atoms with Crippen molar-refractivity contribution >= 4 is 11.8 Å². The Kier molecular flexibility index (Phi) is 3.33. The highest BCUT2D eigenvalue weighted by atomic mass is 32.2. The van der Waals surface area contributed by atoms with E-state index < -0.39 is 0 Å². The van der Waals surface area contributed by atoms with Crippen LogP contribution in [0.5, 0.6) is 0 Å². The second-order valence-corrected chi connectivity index (χ2v) is 4.15. The summed E-state index contributed by atoms with van der Waals surface area (Å²) >= 11 is 2.10. The van der Waals surface area contributed by atoms with Crippen molar-refractivity contribution in [2.45, 2.75) is 38.4 Å². The number of rotatable bonds is 3. The molecule has 0 nitrogen and oxygen atoms in total. The Labute approximate surface area is 68.1 Å². The van der Waals surface area contributed by atoms with Crippen molar-refractivity contribution < 1.29 is 0 Å². The maximum atomic E-state index is 2.37. The van der Waals surface area contributed by atoms with Crippen LogP contribution in [0.1, 0.15) is 33.1 Å². The monoisotopic (exact) mass is 156 g/mol. The normalized spacial score (nSPS) is 25.0. The van der Waals surface area contributed by atoms with Crippen LogP contribution < -0.4 is 0 Å². The second kappa shape index (κ2) is 4.07. The van der Waals surface area contributed by atoms with Gasteiger partial charge >= 0.3 is 0 Å². The van der Waals surface area contributed by atoms with E-state index in [0.717, 1.165) is 5.25 Å². The molecule has 0 saturated carbocycles. The Morgan fingerprint density at radius 2 is 2.50 bits per heavy atom. The Bertz CT molecular complexity index is 127. The number of unbranched alkanes of at least 4 members (excludes halogenated alkanes) is 1. The molecule has 1 atom stereocenters. The van der Waals surface area contributed by atoms with Crippen molar-refractivity contribution in [1.82, 2.24) is 0 Å². The molecule has 0 saturated heterocycles. The van der Waals surface area contributed by atoms with Crippen LogP contribution in [-0.2, 0) is 0 Å². The highest BCUT2D eigenvalue weighted by molar-refractivity contribution is 8.00. The molecular weight excluding hydrogens is 140 g/mol.